The standard InChI is InChI=1S/C6H3BrClF2NO/c7-2-1-11-4(6(9)10)5(12)3(2)8/h1,6,12H. The fraction of sp³-hybridized carbons (Fsp3) is 0.167. The van der Waals surface area contributed by atoms with Crippen LogP contribution in [0, 0.1) is 0 Å². The van der Waals surface area contributed by atoms with Gasteiger partial charge in [-0.25, -0.2) is 8.78 Å². The van der Waals surface area contributed by atoms with E-state index in [-0.39, 0.29) is 9.50 Å². The molecule has 66 valence electrons. The van der Waals surface area contributed by atoms with E-state index in [4.69, 9.17) is 16.7 Å². The highest BCUT2D eigenvalue weighted by atomic mass is 79.9. The highest BCUT2D eigenvalue weighted by Gasteiger charge is 2.18. The summed E-state index contributed by atoms with van der Waals surface area (Å²) in [4.78, 5) is 3.31. The average Bonchev–Trinajstić information content (AvgIpc) is 2.00. The maximum atomic E-state index is 12.0. The third-order valence-corrected chi connectivity index (χ3v) is 2.40. The van der Waals surface area contributed by atoms with Gasteiger partial charge in [0.15, 0.2) is 5.75 Å². The fourth-order valence-corrected chi connectivity index (χ4v) is 1.07. The van der Waals surface area contributed by atoms with E-state index < -0.39 is 17.9 Å². The Morgan fingerprint density at radius 3 is 2.67 bits per heavy atom. The van der Waals surface area contributed by atoms with Crippen LogP contribution in [-0.2, 0) is 0 Å². The van der Waals surface area contributed by atoms with E-state index in [1.54, 1.807) is 0 Å². The Hall–Kier alpha value is -0.420. The molecule has 12 heavy (non-hydrogen) atoms. The van der Waals surface area contributed by atoms with Crippen molar-refractivity contribution in [2.75, 3.05) is 0 Å². The normalized spacial score (nSPS) is 10.8. The Morgan fingerprint density at radius 2 is 2.17 bits per heavy atom. The number of halogens is 4. The molecule has 0 aliphatic carbocycles. The molecule has 0 aromatic carbocycles. The van der Waals surface area contributed by atoms with Crippen LogP contribution < -0.4 is 0 Å². The lowest BCUT2D eigenvalue weighted by molar-refractivity contribution is 0.142. The molecule has 0 unspecified atom stereocenters. The zero-order chi connectivity index (χ0) is 9.30. The zero-order valence-corrected chi connectivity index (χ0v) is 7.90. The van der Waals surface area contributed by atoms with Crippen molar-refractivity contribution in [2.45, 2.75) is 6.43 Å². The van der Waals surface area contributed by atoms with Gasteiger partial charge < -0.3 is 5.11 Å². The molecule has 0 amide bonds. The number of hydrogen-bond acceptors (Lipinski definition) is 2. The van der Waals surface area contributed by atoms with Crippen LogP contribution in [0.2, 0.25) is 5.02 Å². The molecular formula is C6H3BrClF2NO. The summed E-state index contributed by atoms with van der Waals surface area (Å²) in [5.41, 5.74) is -0.705. The largest absolute Gasteiger partial charge is 0.504 e. The van der Waals surface area contributed by atoms with Gasteiger partial charge in [0, 0.05) is 6.20 Å². The highest BCUT2D eigenvalue weighted by molar-refractivity contribution is 9.10. The van der Waals surface area contributed by atoms with Crippen LogP contribution in [0.5, 0.6) is 5.75 Å². The molecule has 0 spiro atoms. The summed E-state index contributed by atoms with van der Waals surface area (Å²) in [7, 11) is 0. The molecule has 0 atom stereocenters. The number of aromatic nitrogens is 1. The molecule has 6 heteroatoms. The van der Waals surface area contributed by atoms with Crippen molar-refractivity contribution in [1.29, 1.82) is 0 Å². The number of alkyl halides is 2. The molecule has 0 aliphatic rings. The van der Waals surface area contributed by atoms with Crippen molar-refractivity contribution < 1.29 is 13.9 Å². The maximum absolute atomic E-state index is 12.0. The van der Waals surface area contributed by atoms with E-state index in [1.807, 2.05) is 0 Å². The minimum Gasteiger partial charge on any atom is -0.504 e. The van der Waals surface area contributed by atoms with Gasteiger partial charge >= 0.3 is 0 Å². The van der Waals surface area contributed by atoms with Gasteiger partial charge in [0.2, 0.25) is 0 Å². The first-order valence-electron chi connectivity index (χ1n) is 2.85. The molecule has 2 nitrogen and oxygen atoms in total. The van der Waals surface area contributed by atoms with Crippen LogP contribution in [-0.4, -0.2) is 10.1 Å². The van der Waals surface area contributed by atoms with Gasteiger partial charge in [-0.3, -0.25) is 4.98 Å². The van der Waals surface area contributed by atoms with Gasteiger partial charge in [-0.1, -0.05) is 11.6 Å². The molecule has 1 N–H and O–H groups in total. The van der Waals surface area contributed by atoms with Gasteiger partial charge in [0.25, 0.3) is 6.43 Å². The Bertz CT molecular complexity index is 308. The number of hydrogen-bond donors (Lipinski definition) is 1. The van der Waals surface area contributed by atoms with Gasteiger partial charge in [-0.2, -0.15) is 0 Å². The second-order valence-corrected chi connectivity index (χ2v) is 3.19. The molecule has 0 radical (unpaired) electrons. The van der Waals surface area contributed by atoms with Crippen LogP contribution >= 0.6 is 27.5 Å². The minimum absolute atomic E-state index is 0.152. The molecule has 1 rings (SSSR count). The third kappa shape index (κ3) is 1.67. The SMILES string of the molecule is Oc1c(C(F)F)ncc(Br)c1Cl. The van der Waals surface area contributed by atoms with Gasteiger partial charge in [0.05, 0.1) is 4.47 Å². The lowest BCUT2D eigenvalue weighted by atomic mass is 10.3. The Balaban J connectivity index is 3.27. The van der Waals surface area contributed by atoms with Crippen molar-refractivity contribution in [3.05, 3.63) is 21.4 Å². The molecule has 1 heterocycles. The summed E-state index contributed by atoms with van der Waals surface area (Å²) in [5.74, 6) is -0.680. The zero-order valence-electron chi connectivity index (χ0n) is 5.56. The Morgan fingerprint density at radius 1 is 1.58 bits per heavy atom. The van der Waals surface area contributed by atoms with Crippen LogP contribution in [0.25, 0.3) is 0 Å². The maximum Gasteiger partial charge on any atom is 0.284 e. The lowest BCUT2D eigenvalue weighted by Crippen LogP contribution is -1.91. The molecule has 1 aromatic heterocycles. The summed E-state index contributed by atoms with van der Waals surface area (Å²) in [6.07, 6.45) is -1.71. The van der Waals surface area contributed by atoms with Crippen molar-refractivity contribution in [3.8, 4) is 5.75 Å². The van der Waals surface area contributed by atoms with E-state index in [9.17, 15) is 8.78 Å². The van der Waals surface area contributed by atoms with E-state index in [1.165, 1.54) is 0 Å². The molecule has 0 bridgehead atoms. The predicted octanol–water partition coefficient (Wildman–Crippen LogP) is 3.14. The van der Waals surface area contributed by atoms with E-state index >= 15 is 0 Å². The molecule has 0 fully saturated rings. The topological polar surface area (TPSA) is 33.1 Å². The van der Waals surface area contributed by atoms with Crippen LogP contribution in [0.1, 0.15) is 12.1 Å². The van der Waals surface area contributed by atoms with E-state index in [0.717, 1.165) is 6.20 Å². The van der Waals surface area contributed by atoms with E-state index in [2.05, 4.69) is 20.9 Å². The number of pyridine rings is 1. The highest BCUT2D eigenvalue weighted by Crippen LogP contribution is 2.36. The molecule has 0 saturated carbocycles. The Kier molecular flexibility index (Phi) is 2.85. The summed E-state index contributed by atoms with van der Waals surface area (Å²) < 4.78 is 24.4. The van der Waals surface area contributed by atoms with Crippen LogP contribution in [0.15, 0.2) is 10.7 Å². The molecule has 0 aliphatic heterocycles. The number of nitrogens with zero attached hydrogens (tertiary/aromatic N) is 1. The third-order valence-electron chi connectivity index (χ3n) is 1.18. The lowest BCUT2D eigenvalue weighted by Gasteiger charge is -2.04. The quantitative estimate of drug-likeness (QED) is 0.839. The van der Waals surface area contributed by atoms with Gasteiger partial charge in [-0.15, -0.1) is 0 Å². The van der Waals surface area contributed by atoms with Crippen molar-refractivity contribution >= 4 is 27.5 Å². The van der Waals surface area contributed by atoms with Crippen molar-refractivity contribution in [1.82, 2.24) is 4.98 Å². The first kappa shape index (κ1) is 9.67. The monoisotopic (exact) mass is 257 g/mol. The summed E-state index contributed by atoms with van der Waals surface area (Å²) in [5, 5.41) is 8.89. The van der Waals surface area contributed by atoms with Crippen LogP contribution in [0.4, 0.5) is 8.78 Å². The van der Waals surface area contributed by atoms with E-state index in [0.29, 0.717) is 0 Å². The summed E-state index contributed by atoms with van der Waals surface area (Å²) in [6.45, 7) is 0. The smallest absolute Gasteiger partial charge is 0.284 e. The Labute approximate surface area is 80.3 Å². The molecular weight excluding hydrogens is 255 g/mol. The summed E-state index contributed by atoms with van der Waals surface area (Å²) in [6, 6.07) is 0. The second kappa shape index (κ2) is 3.53. The number of aromatic hydroxyl groups is 1. The van der Waals surface area contributed by atoms with Gasteiger partial charge in [-0.05, 0) is 15.9 Å². The summed E-state index contributed by atoms with van der Waals surface area (Å²) >= 11 is 8.39. The first-order valence-corrected chi connectivity index (χ1v) is 4.02. The minimum atomic E-state index is -2.82. The fourth-order valence-electron chi connectivity index (χ4n) is 0.629. The van der Waals surface area contributed by atoms with Crippen LogP contribution in [0.3, 0.4) is 0 Å². The average molecular weight is 258 g/mol. The van der Waals surface area contributed by atoms with Gasteiger partial charge in [0.1, 0.15) is 10.7 Å². The number of rotatable bonds is 1. The van der Waals surface area contributed by atoms with Crippen molar-refractivity contribution in [3.63, 3.8) is 0 Å². The second-order valence-electron chi connectivity index (χ2n) is 1.95. The molecule has 0 saturated heterocycles. The first-order chi connectivity index (χ1) is 5.54. The van der Waals surface area contributed by atoms with Crippen molar-refractivity contribution in [2.24, 2.45) is 0 Å². The molecule has 1 aromatic rings. The predicted molar refractivity (Wildman–Crippen MR) is 43.6 cm³/mol.